The van der Waals surface area contributed by atoms with Crippen LogP contribution < -0.4 is 9.46 Å². The van der Waals surface area contributed by atoms with Crippen LogP contribution in [0.5, 0.6) is 5.75 Å². The van der Waals surface area contributed by atoms with Gasteiger partial charge in [-0.25, -0.2) is 17.5 Å². The third kappa shape index (κ3) is 3.30. The first-order valence-electron chi connectivity index (χ1n) is 7.74. The highest BCUT2D eigenvalue weighted by Gasteiger charge is 2.36. The molecule has 1 unspecified atom stereocenters. The lowest BCUT2D eigenvalue weighted by Crippen LogP contribution is -2.41. The van der Waals surface area contributed by atoms with E-state index in [4.69, 9.17) is 4.74 Å². The van der Waals surface area contributed by atoms with Crippen LogP contribution in [0.1, 0.15) is 37.4 Å². The number of sulfonamides is 1. The molecule has 24 heavy (non-hydrogen) atoms. The van der Waals surface area contributed by atoms with Gasteiger partial charge in [-0.05, 0) is 50.6 Å². The molecule has 3 rings (SSSR count). The number of ether oxygens (including phenoxy) is 1. The third-order valence-electron chi connectivity index (χ3n) is 4.10. The third-order valence-corrected chi connectivity index (χ3v) is 5.73. The smallest absolute Gasteiger partial charge is 0.241 e. The fourth-order valence-corrected chi connectivity index (χ4v) is 4.51. The molecule has 128 valence electrons. The Morgan fingerprint density at radius 3 is 2.62 bits per heavy atom. The van der Waals surface area contributed by atoms with Gasteiger partial charge >= 0.3 is 0 Å². The van der Waals surface area contributed by atoms with Crippen molar-refractivity contribution in [2.75, 3.05) is 0 Å². The van der Waals surface area contributed by atoms with Crippen molar-refractivity contribution < 1.29 is 17.5 Å². The normalized spacial score (nSPS) is 19.4. The van der Waals surface area contributed by atoms with Crippen LogP contribution in [-0.2, 0) is 10.0 Å². The van der Waals surface area contributed by atoms with Gasteiger partial charge in [-0.15, -0.1) is 0 Å². The number of hydrogen-bond donors (Lipinski definition) is 1. The number of fused-ring (bicyclic) bond motifs is 1. The van der Waals surface area contributed by atoms with Crippen LogP contribution >= 0.6 is 0 Å². The zero-order valence-corrected chi connectivity index (χ0v) is 14.7. The standard InChI is InChI=1S/C18H20FNO3S/c1-12-10-13(19)8-9-17(12)24(21,22)20-15-11-18(2,3)23-16-7-5-4-6-14(15)16/h4-10,15,20H,11H2,1-3H3. The predicted molar refractivity (Wildman–Crippen MR) is 90.0 cm³/mol. The largest absolute Gasteiger partial charge is 0.487 e. The Kier molecular flexibility index (Phi) is 4.13. The van der Waals surface area contributed by atoms with E-state index in [0.717, 1.165) is 11.6 Å². The summed E-state index contributed by atoms with van der Waals surface area (Å²) in [6, 6.07) is 10.7. The molecule has 2 aromatic carbocycles. The van der Waals surface area contributed by atoms with Crippen molar-refractivity contribution in [3.8, 4) is 5.75 Å². The first-order valence-corrected chi connectivity index (χ1v) is 9.23. The molecule has 0 aromatic heterocycles. The number of benzene rings is 2. The molecule has 0 spiro atoms. The summed E-state index contributed by atoms with van der Waals surface area (Å²) >= 11 is 0. The van der Waals surface area contributed by atoms with Gasteiger partial charge < -0.3 is 4.74 Å². The van der Waals surface area contributed by atoms with Crippen LogP contribution in [0.25, 0.3) is 0 Å². The SMILES string of the molecule is Cc1cc(F)ccc1S(=O)(=O)NC1CC(C)(C)Oc2ccccc21. The zero-order chi connectivity index (χ0) is 17.5. The minimum absolute atomic E-state index is 0.0886. The van der Waals surface area contributed by atoms with Gasteiger partial charge in [0.05, 0.1) is 10.9 Å². The van der Waals surface area contributed by atoms with E-state index in [1.165, 1.54) is 12.1 Å². The average Bonchev–Trinajstić information content (AvgIpc) is 2.45. The average molecular weight is 349 g/mol. The summed E-state index contributed by atoms with van der Waals surface area (Å²) in [5, 5.41) is 0. The topological polar surface area (TPSA) is 55.4 Å². The van der Waals surface area contributed by atoms with Crippen molar-refractivity contribution in [1.29, 1.82) is 0 Å². The number of rotatable bonds is 3. The monoisotopic (exact) mass is 349 g/mol. The number of aryl methyl sites for hydroxylation is 1. The van der Waals surface area contributed by atoms with Crippen LogP contribution in [-0.4, -0.2) is 14.0 Å². The fraction of sp³-hybridized carbons (Fsp3) is 0.333. The Morgan fingerprint density at radius 2 is 1.92 bits per heavy atom. The lowest BCUT2D eigenvalue weighted by molar-refractivity contribution is 0.0702. The quantitative estimate of drug-likeness (QED) is 0.919. The molecule has 1 aliphatic heterocycles. The summed E-state index contributed by atoms with van der Waals surface area (Å²) in [7, 11) is -3.77. The van der Waals surface area contributed by atoms with E-state index in [-0.39, 0.29) is 4.90 Å². The van der Waals surface area contributed by atoms with Crippen molar-refractivity contribution in [3.63, 3.8) is 0 Å². The molecule has 1 aliphatic rings. The lowest BCUT2D eigenvalue weighted by Gasteiger charge is -2.37. The summed E-state index contributed by atoms with van der Waals surface area (Å²) in [5.41, 5.74) is 0.696. The molecule has 0 aliphatic carbocycles. The number of para-hydroxylation sites is 1. The highest BCUT2D eigenvalue weighted by atomic mass is 32.2. The molecule has 1 N–H and O–H groups in total. The van der Waals surface area contributed by atoms with Gasteiger partial charge in [0, 0.05) is 12.0 Å². The van der Waals surface area contributed by atoms with Crippen LogP contribution in [0.4, 0.5) is 4.39 Å². The summed E-state index contributed by atoms with van der Waals surface area (Å²) in [5.74, 6) is 0.223. The minimum Gasteiger partial charge on any atom is -0.487 e. The molecular weight excluding hydrogens is 329 g/mol. The van der Waals surface area contributed by atoms with Crippen LogP contribution in [0.15, 0.2) is 47.4 Å². The van der Waals surface area contributed by atoms with Crippen LogP contribution in [0.3, 0.4) is 0 Å². The first-order chi connectivity index (χ1) is 11.2. The van der Waals surface area contributed by atoms with E-state index in [1.807, 2.05) is 38.1 Å². The number of hydrogen-bond acceptors (Lipinski definition) is 3. The summed E-state index contributed by atoms with van der Waals surface area (Å²) < 4.78 is 47.5. The van der Waals surface area contributed by atoms with Gasteiger partial charge in [0.2, 0.25) is 10.0 Å². The number of halogens is 1. The maximum absolute atomic E-state index is 13.3. The van der Waals surface area contributed by atoms with Crippen molar-refractivity contribution in [1.82, 2.24) is 4.72 Å². The Hall–Kier alpha value is -1.92. The Labute approximate surface area is 141 Å². The Morgan fingerprint density at radius 1 is 1.21 bits per heavy atom. The van der Waals surface area contributed by atoms with Gasteiger partial charge in [-0.3, -0.25) is 0 Å². The Balaban J connectivity index is 1.98. The molecule has 1 heterocycles. The van der Waals surface area contributed by atoms with Gasteiger partial charge in [0.25, 0.3) is 0 Å². The second-order valence-electron chi connectivity index (χ2n) is 6.69. The molecule has 0 fully saturated rings. The highest BCUT2D eigenvalue weighted by molar-refractivity contribution is 7.89. The van der Waals surface area contributed by atoms with Crippen molar-refractivity contribution >= 4 is 10.0 Å². The number of nitrogens with one attached hydrogen (secondary N) is 1. The van der Waals surface area contributed by atoms with Gasteiger partial charge in [0.1, 0.15) is 17.2 Å². The molecule has 4 nitrogen and oxygen atoms in total. The second-order valence-corrected chi connectivity index (χ2v) is 8.37. The summed E-state index contributed by atoms with van der Waals surface area (Å²) in [4.78, 5) is 0.0886. The fourth-order valence-electron chi connectivity index (χ4n) is 3.07. The summed E-state index contributed by atoms with van der Waals surface area (Å²) in [6.07, 6.45) is 0.503. The maximum atomic E-state index is 13.3. The van der Waals surface area contributed by atoms with Crippen LogP contribution in [0.2, 0.25) is 0 Å². The van der Waals surface area contributed by atoms with Gasteiger partial charge in [0.15, 0.2) is 0 Å². The first kappa shape index (κ1) is 16.9. The predicted octanol–water partition coefficient (Wildman–Crippen LogP) is 3.71. The molecular formula is C18H20FNO3S. The maximum Gasteiger partial charge on any atom is 0.241 e. The van der Waals surface area contributed by atoms with E-state index in [9.17, 15) is 12.8 Å². The zero-order valence-electron chi connectivity index (χ0n) is 13.8. The summed E-state index contributed by atoms with van der Waals surface area (Å²) in [6.45, 7) is 5.43. The van der Waals surface area contributed by atoms with Crippen molar-refractivity contribution in [2.45, 2.75) is 43.7 Å². The molecule has 2 aromatic rings. The van der Waals surface area contributed by atoms with Gasteiger partial charge in [-0.1, -0.05) is 18.2 Å². The van der Waals surface area contributed by atoms with E-state index in [0.29, 0.717) is 17.7 Å². The molecule has 0 amide bonds. The lowest BCUT2D eigenvalue weighted by atomic mass is 9.90. The molecule has 0 saturated heterocycles. The van der Waals surface area contributed by atoms with Gasteiger partial charge in [-0.2, -0.15) is 0 Å². The van der Waals surface area contributed by atoms with E-state index < -0.39 is 27.5 Å². The molecule has 1 atom stereocenters. The van der Waals surface area contributed by atoms with E-state index in [1.54, 1.807) is 6.92 Å². The highest BCUT2D eigenvalue weighted by Crippen LogP contribution is 2.40. The second kappa shape index (κ2) is 5.86. The van der Waals surface area contributed by atoms with E-state index >= 15 is 0 Å². The molecule has 0 bridgehead atoms. The molecule has 0 radical (unpaired) electrons. The van der Waals surface area contributed by atoms with E-state index in [2.05, 4.69) is 4.72 Å². The minimum atomic E-state index is -3.77. The van der Waals surface area contributed by atoms with Crippen molar-refractivity contribution in [3.05, 3.63) is 59.4 Å². The molecule has 0 saturated carbocycles. The Bertz CT molecular complexity index is 878. The van der Waals surface area contributed by atoms with Crippen LogP contribution in [0, 0.1) is 12.7 Å². The van der Waals surface area contributed by atoms with Crippen molar-refractivity contribution in [2.24, 2.45) is 0 Å². The molecule has 6 heteroatoms.